The van der Waals surface area contributed by atoms with Gasteiger partial charge >= 0.3 is 0 Å². The van der Waals surface area contributed by atoms with Gasteiger partial charge in [0.2, 0.25) is 0 Å². The summed E-state index contributed by atoms with van der Waals surface area (Å²) in [6.45, 7) is 6.05. The lowest BCUT2D eigenvalue weighted by Gasteiger charge is -2.01. The maximum Gasteiger partial charge on any atom is 0.0303 e. The fourth-order valence-electron chi connectivity index (χ4n) is 0.816. The van der Waals surface area contributed by atoms with Gasteiger partial charge in [0.1, 0.15) is 0 Å². The van der Waals surface area contributed by atoms with E-state index in [0.29, 0.717) is 0 Å². The molecule has 1 heteroatoms. The van der Waals surface area contributed by atoms with Crippen LogP contribution in [0.15, 0.2) is 35.6 Å². The first-order valence-electron chi connectivity index (χ1n) is 4.00. The third-order valence-corrected chi connectivity index (χ3v) is 1.55. The Morgan fingerprint density at radius 1 is 1.36 bits per heavy atom. The van der Waals surface area contributed by atoms with Gasteiger partial charge in [-0.15, -0.1) is 0 Å². The van der Waals surface area contributed by atoms with Crippen molar-refractivity contribution in [2.24, 2.45) is 5.73 Å². The minimum Gasteiger partial charge on any atom is -0.399 e. The van der Waals surface area contributed by atoms with E-state index in [4.69, 9.17) is 5.73 Å². The van der Waals surface area contributed by atoms with Crippen LogP contribution in [0, 0.1) is 0 Å². The van der Waals surface area contributed by atoms with Crippen molar-refractivity contribution in [2.45, 2.75) is 27.2 Å². The second-order valence-electron chi connectivity index (χ2n) is 2.32. The van der Waals surface area contributed by atoms with Gasteiger partial charge in [0.05, 0.1) is 0 Å². The monoisotopic (exact) mass is 151 g/mol. The molecule has 0 aromatic carbocycles. The quantitative estimate of drug-likeness (QED) is 0.617. The van der Waals surface area contributed by atoms with Crippen molar-refractivity contribution in [2.75, 3.05) is 0 Å². The lowest BCUT2D eigenvalue weighted by Crippen LogP contribution is -1.99. The fraction of sp³-hybridized carbons (Fsp3) is 0.400. The first kappa shape index (κ1) is 10.0. The van der Waals surface area contributed by atoms with Crippen molar-refractivity contribution in [3.05, 3.63) is 35.6 Å². The summed E-state index contributed by atoms with van der Waals surface area (Å²) in [7, 11) is 0. The molecule has 0 aromatic heterocycles. The van der Waals surface area contributed by atoms with Gasteiger partial charge in [-0.1, -0.05) is 31.2 Å². The highest BCUT2D eigenvalue weighted by Gasteiger charge is 1.93. The van der Waals surface area contributed by atoms with Gasteiger partial charge in [0.25, 0.3) is 0 Å². The smallest absolute Gasteiger partial charge is 0.0303 e. The molecule has 1 nitrogen and oxygen atoms in total. The molecule has 11 heavy (non-hydrogen) atoms. The number of hydrogen-bond acceptors (Lipinski definition) is 1. The maximum absolute atomic E-state index is 5.73. The van der Waals surface area contributed by atoms with Crippen molar-refractivity contribution in [1.29, 1.82) is 0 Å². The van der Waals surface area contributed by atoms with Crippen LogP contribution in [0.1, 0.15) is 27.2 Å². The van der Waals surface area contributed by atoms with E-state index >= 15 is 0 Å². The molecule has 0 aliphatic heterocycles. The molecule has 0 amide bonds. The molecule has 0 saturated heterocycles. The van der Waals surface area contributed by atoms with Crippen LogP contribution in [0.3, 0.4) is 0 Å². The van der Waals surface area contributed by atoms with E-state index < -0.39 is 0 Å². The highest BCUT2D eigenvalue weighted by molar-refractivity contribution is 5.30. The van der Waals surface area contributed by atoms with Crippen molar-refractivity contribution in [1.82, 2.24) is 0 Å². The number of nitrogens with two attached hydrogens (primary N) is 1. The highest BCUT2D eigenvalue weighted by Crippen LogP contribution is 2.07. The molecular formula is C10H17N. The molecule has 0 radical (unpaired) electrons. The predicted molar refractivity (Wildman–Crippen MR) is 51.1 cm³/mol. The third-order valence-electron chi connectivity index (χ3n) is 1.55. The summed E-state index contributed by atoms with van der Waals surface area (Å²) in [5.41, 5.74) is 7.81. The van der Waals surface area contributed by atoms with Crippen molar-refractivity contribution in [3.63, 3.8) is 0 Å². The summed E-state index contributed by atoms with van der Waals surface area (Å²) in [5.74, 6) is 0. The highest BCUT2D eigenvalue weighted by atomic mass is 14.6. The Bertz CT molecular complexity index is 185. The van der Waals surface area contributed by atoms with Gasteiger partial charge in [-0.3, -0.25) is 0 Å². The normalized spacial score (nSPS) is 14.5. The number of allylic oxidation sites excluding steroid dienone is 5. The Balaban J connectivity index is 4.39. The Hall–Kier alpha value is -0.980. The molecule has 62 valence electrons. The fourth-order valence-corrected chi connectivity index (χ4v) is 0.816. The van der Waals surface area contributed by atoms with Gasteiger partial charge in [-0.25, -0.2) is 0 Å². The molecule has 2 N–H and O–H groups in total. The minimum absolute atomic E-state index is 0.880. The number of rotatable bonds is 3. The van der Waals surface area contributed by atoms with Crippen molar-refractivity contribution < 1.29 is 0 Å². The lowest BCUT2D eigenvalue weighted by molar-refractivity contribution is 1.08. The van der Waals surface area contributed by atoms with Gasteiger partial charge in [-0.2, -0.15) is 0 Å². The van der Waals surface area contributed by atoms with Crippen LogP contribution in [0.25, 0.3) is 0 Å². The second-order valence-corrected chi connectivity index (χ2v) is 2.32. The van der Waals surface area contributed by atoms with Crippen LogP contribution in [0.5, 0.6) is 0 Å². The van der Waals surface area contributed by atoms with E-state index in [1.165, 1.54) is 5.57 Å². The van der Waals surface area contributed by atoms with Crippen LogP contribution < -0.4 is 5.73 Å². The van der Waals surface area contributed by atoms with Gasteiger partial charge in [0.15, 0.2) is 0 Å². The minimum atomic E-state index is 0.880. The average Bonchev–Trinajstić information content (AvgIpc) is 2.05. The molecule has 0 aliphatic carbocycles. The Morgan fingerprint density at radius 3 is 2.36 bits per heavy atom. The van der Waals surface area contributed by atoms with E-state index in [1.807, 2.05) is 32.1 Å². The van der Waals surface area contributed by atoms with Crippen molar-refractivity contribution >= 4 is 0 Å². The standard InChI is InChI=1S/C10H17N/c1-4-7-8-9(5-2)10(11)6-3/h4,6-8H,5,11H2,1-3H3/b7-4-,9-8-,10-6+. The Morgan fingerprint density at radius 2 is 2.00 bits per heavy atom. The van der Waals surface area contributed by atoms with E-state index in [-0.39, 0.29) is 0 Å². The summed E-state index contributed by atoms with van der Waals surface area (Å²) < 4.78 is 0. The molecule has 0 rings (SSSR count). The van der Waals surface area contributed by atoms with Crippen LogP contribution in [-0.4, -0.2) is 0 Å². The zero-order chi connectivity index (χ0) is 8.69. The summed E-state index contributed by atoms with van der Waals surface area (Å²) in [5, 5.41) is 0. The largest absolute Gasteiger partial charge is 0.399 e. The second kappa shape index (κ2) is 5.78. The molecule has 0 heterocycles. The summed E-state index contributed by atoms with van der Waals surface area (Å²) in [4.78, 5) is 0. The Kier molecular flexibility index (Phi) is 5.26. The lowest BCUT2D eigenvalue weighted by atomic mass is 10.1. The topological polar surface area (TPSA) is 26.0 Å². The van der Waals surface area contributed by atoms with Crippen LogP contribution in [0.2, 0.25) is 0 Å². The summed E-state index contributed by atoms with van der Waals surface area (Å²) >= 11 is 0. The van der Waals surface area contributed by atoms with Crippen molar-refractivity contribution in [3.8, 4) is 0 Å². The van der Waals surface area contributed by atoms with Gasteiger partial charge in [0, 0.05) is 5.70 Å². The molecule has 0 aliphatic rings. The van der Waals surface area contributed by atoms with E-state index in [1.54, 1.807) is 0 Å². The van der Waals surface area contributed by atoms with Crippen LogP contribution >= 0.6 is 0 Å². The molecule has 0 fully saturated rings. The number of hydrogen-bond donors (Lipinski definition) is 1. The molecule has 0 unspecified atom stereocenters. The van der Waals surface area contributed by atoms with Crippen LogP contribution in [0.4, 0.5) is 0 Å². The predicted octanol–water partition coefficient (Wildman–Crippen LogP) is 2.76. The Labute approximate surface area is 69.3 Å². The van der Waals surface area contributed by atoms with E-state index in [9.17, 15) is 0 Å². The first-order chi connectivity index (χ1) is 5.26. The van der Waals surface area contributed by atoms with Gasteiger partial charge < -0.3 is 5.73 Å². The third kappa shape index (κ3) is 3.66. The zero-order valence-corrected chi connectivity index (χ0v) is 7.59. The molecular weight excluding hydrogens is 134 g/mol. The van der Waals surface area contributed by atoms with Gasteiger partial charge in [-0.05, 0) is 25.8 Å². The summed E-state index contributed by atoms with van der Waals surface area (Å²) in [6, 6.07) is 0. The molecule has 0 atom stereocenters. The first-order valence-corrected chi connectivity index (χ1v) is 4.00. The van der Waals surface area contributed by atoms with E-state index in [0.717, 1.165) is 12.1 Å². The maximum atomic E-state index is 5.73. The SMILES string of the molecule is C\C=C/C=C(CC)\C(N)=C/C. The summed E-state index contributed by atoms with van der Waals surface area (Å²) in [6.07, 6.45) is 8.97. The molecule has 0 aromatic rings. The molecule has 0 saturated carbocycles. The van der Waals surface area contributed by atoms with Crippen LogP contribution in [-0.2, 0) is 0 Å². The van der Waals surface area contributed by atoms with E-state index in [2.05, 4.69) is 13.0 Å². The molecule has 0 spiro atoms. The zero-order valence-electron chi connectivity index (χ0n) is 7.59. The molecule has 0 bridgehead atoms. The average molecular weight is 151 g/mol.